The number of benzene rings is 2. The molecule has 1 saturated carbocycles. The zero-order valence-corrected chi connectivity index (χ0v) is 22.0. The number of carbonyl (C=O) groups is 2. The van der Waals surface area contributed by atoms with Crippen LogP contribution < -0.4 is 15.8 Å². The van der Waals surface area contributed by atoms with E-state index in [9.17, 15) is 14.4 Å². The number of anilines is 1. The Labute approximate surface area is 225 Å². The van der Waals surface area contributed by atoms with Crippen molar-refractivity contribution in [3.05, 3.63) is 74.5 Å². The Hall–Kier alpha value is -3.03. The van der Waals surface area contributed by atoms with Gasteiger partial charge in [-0.3, -0.25) is 14.4 Å². The van der Waals surface area contributed by atoms with E-state index in [1.54, 1.807) is 23.1 Å². The third-order valence-corrected chi connectivity index (χ3v) is 8.22. The highest BCUT2D eigenvalue weighted by atomic mass is 35.5. The number of aromatic amines is 1. The van der Waals surface area contributed by atoms with Crippen molar-refractivity contribution >= 4 is 51.6 Å². The summed E-state index contributed by atoms with van der Waals surface area (Å²) >= 11 is 12.4. The summed E-state index contributed by atoms with van der Waals surface area (Å²) in [6, 6.07) is 13.2. The number of piperazine rings is 1. The highest BCUT2D eigenvalue weighted by Crippen LogP contribution is 2.29. The Kier molecular flexibility index (Phi) is 7.72. The normalized spacial score (nSPS) is 18.7. The molecular weight excluding hydrogens is 511 g/mol. The molecule has 1 aromatic heterocycles. The van der Waals surface area contributed by atoms with Crippen LogP contribution >= 0.6 is 23.2 Å². The van der Waals surface area contributed by atoms with Crippen molar-refractivity contribution in [1.82, 2.24) is 15.2 Å². The van der Waals surface area contributed by atoms with E-state index in [4.69, 9.17) is 23.2 Å². The fourth-order valence-corrected chi connectivity index (χ4v) is 5.75. The van der Waals surface area contributed by atoms with Gasteiger partial charge in [-0.15, -0.1) is 0 Å². The van der Waals surface area contributed by atoms with Gasteiger partial charge in [0.25, 0.3) is 5.91 Å². The Bertz CT molecular complexity index is 1370. The number of amides is 2. The van der Waals surface area contributed by atoms with Crippen LogP contribution in [0.4, 0.5) is 5.69 Å². The van der Waals surface area contributed by atoms with Crippen molar-refractivity contribution in [3.63, 3.8) is 0 Å². The van der Waals surface area contributed by atoms with Crippen LogP contribution in [0.5, 0.6) is 0 Å². The van der Waals surface area contributed by atoms with E-state index >= 15 is 0 Å². The maximum absolute atomic E-state index is 13.9. The number of rotatable bonds is 5. The first kappa shape index (κ1) is 25.6. The molecule has 1 unspecified atom stereocenters. The lowest BCUT2D eigenvalue weighted by atomic mass is 9.89. The number of hydrogen-bond acceptors (Lipinski definition) is 4. The van der Waals surface area contributed by atoms with Gasteiger partial charge in [0.1, 0.15) is 6.04 Å². The average Bonchev–Trinajstić information content (AvgIpc) is 2.92. The summed E-state index contributed by atoms with van der Waals surface area (Å²) in [6.07, 6.45) is 5.85. The first-order chi connectivity index (χ1) is 17.9. The summed E-state index contributed by atoms with van der Waals surface area (Å²) in [4.78, 5) is 46.2. The van der Waals surface area contributed by atoms with Gasteiger partial charge >= 0.3 is 0 Å². The molecule has 3 aromatic rings. The maximum Gasteiger partial charge on any atom is 0.255 e. The third kappa shape index (κ3) is 5.63. The SMILES string of the molecule is O=C(NCC1CCCCC1)C1CN(c2ccc(Cl)c(Cl)c2)CCN1C(=O)c1cc(=O)[nH]c2ccccc12. The second-order valence-corrected chi connectivity index (χ2v) is 10.7. The predicted octanol–water partition coefficient (Wildman–Crippen LogP) is 4.86. The number of aromatic nitrogens is 1. The summed E-state index contributed by atoms with van der Waals surface area (Å²) < 4.78 is 0. The van der Waals surface area contributed by atoms with E-state index < -0.39 is 6.04 Å². The first-order valence-electron chi connectivity index (χ1n) is 12.8. The molecule has 0 spiro atoms. The largest absolute Gasteiger partial charge is 0.367 e. The van der Waals surface area contributed by atoms with Crippen LogP contribution in [0.3, 0.4) is 0 Å². The van der Waals surface area contributed by atoms with E-state index in [1.807, 2.05) is 29.2 Å². The Balaban J connectivity index is 1.43. The maximum atomic E-state index is 13.9. The lowest BCUT2D eigenvalue weighted by molar-refractivity contribution is -0.126. The Morgan fingerprint density at radius 3 is 2.54 bits per heavy atom. The minimum absolute atomic E-state index is 0.183. The molecule has 1 aliphatic carbocycles. The van der Waals surface area contributed by atoms with Crippen LogP contribution in [0.25, 0.3) is 10.9 Å². The molecule has 2 N–H and O–H groups in total. The van der Waals surface area contributed by atoms with Crippen molar-refractivity contribution in [1.29, 1.82) is 0 Å². The van der Waals surface area contributed by atoms with Crippen LogP contribution in [0, 0.1) is 5.92 Å². The van der Waals surface area contributed by atoms with Gasteiger partial charge in [-0.1, -0.05) is 60.7 Å². The highest BCUT2D eigenvalue weighted by molar-refractivity contribution is 6.42. The van der Waals surface area contributed by atoms with Gasteiger partial charge in [0.15, 0.2) is 0 Å². The molecule has 1 aliphatic heterocycles. The van der Waals surface area contributed by atoms with Crippen molar-refractivity contribution in [3.8, 4) is 0 Å². The van der Waals surface area contributed by atoms with Gasteiger partial charge in [-0.25, -0.2) is 0 Å². The Morgan fingerprint density at radius 1 is 0.973 bits per heavy atom. The van der Waals surface area contributed by atoms with Gasteiger partial charge in [0.2, 0.25) is 11.5 Å². The standard InChI is InChI=1S/C28H30Cl2N4O3/c29-22-11-10-19(14-23(22)30)33-12-13-34(25(17-33)27(36)31-16-18-6-2-1-3-7-18)28(37)21-15-26(35)32-24-9-5-4-8-20(21)24/h4-5,8-11,14-15,18,25H,1-3,6-7,12-13,16-17H2,(H,31,36)(H,32,35). The lowest BCUT2D eigenvalue weighted by Crippen LogP contribution is -2.61. The summed E-state index contributed by atoms with van der Waals surface area (Å²) in [5.74, 6) is -0.0417. The van der Waals surface area contributed by atoms with E-state index in [1.165, 1.54) is 25.3 Å². The van der Waals surface area contributed by atoms with Crippen molar-refractivity contribution in [2.24, 2.45) is 5.92 Å². The molecule has 37 heavy (non-hydrogen) atoms. The minimum Gasteiger partial charge on any atom is -0.367 e. The summed E-state index contributed by atoms with van der Waals surface area (Å²) in [6.45, 7) is 1.75. The average molecular weight is 541 g/mol. The van der Waals surface area contributed by atoms with E-state index in [-0.39, 0.29) is 17.4 Å². The molecule has 194 valence electrons. The van der Waals surface area contributed by atoms with Crippen molar-refractivity contribution < 1.29 is 9.59 Å². The van der Waals surface area contributed by atoms with Crippen LogP contribution in [-0.2, 0) is 4.79 Å². The molecule has 7 nitrogen and oxygen atoms in total. The summed E-state index contributed by atoms with van der Waals surface area (Å²) in [5.41, 5.74) is 1.38. The zero-order chi connectivity index (χ0) is 25.9. The molecular formula is C28H30Cl2N4O3. The van der Waals surface area contributed by atoms with Crippen LogP contribution in [0.2, 0.25) is 10.0 Å². The molecule has 0 radical (unpaired) electrons. The number of nitrogens with zero attached hydrogens (tertiary/aromatic N) is 2. The molecule has 0 bridgehead atoms. The molecule has 2 fully saturated rings. The number of nitrogens with one attached hydrogen (secondary N) is 2. The van der Waals surface area contributed by atoms with Crippen LogP contribution in [0.15, 0.2) is 53.3 Å². The molecule has 9 heteroatoms. The number of fused-ring (bicyclic) bond motifs is 1. The second kappa shape index (κ2) is 11.2. The lowest BCUT2D eigenvalue weighted by Gasteiger charge is -2.42. The third-order valence-electron chi connectivity index (χ3n) is 7.48. The molecule has 5 rings (SSSR count). The number of H-pyrrole nitrogens is 1. The minimum atomic E-state index is -0.725. The number of para-hydroxylation sites is 1. The van der Waals surface area contributed by atoms with Crippen LogP contribution in [0.1, 0.15) is 42.5 Å². The fourth-order valence-electron chi connectivity index (χ4n) is 5.46. The quantitative estimate of drug-likeness (QED) is 0.483. The van der Waals surface area contributed by atoms with Gasteiger partial charge in [0, 0.05) is 48.8 Å². The summed E-state index contributed by atoms with van der Waals surface area (Å²) in [5, 5.41) is 4.67. The Morgan fingerprint density at radius 2 is 1.76 bits per heavy atom. The zero-order valence-electron chi connectivity index (χ0n) is 20.5. The van der Waals surface area contributed by atoms with Gasteiger partial charge in [0.05, 0.1) is 15.6 Å². The molecule has 2 amide bonds. The highest BCUT2D eigenvalue weighted by Gasteiger charge is 2.37. The fraction of sp³-hybridized carbons (Fsp3) is 0.393. The van der Waals surface area contributed by atoms with Gasteiger partial charge in [-0.05, 0) is 43.0 Å². The van der Waals surface area contributed by atoms with Crippen molar-refractivity contribution in [2.75, 3.05) is 31.1 Å². The monoisotopic (exact) mass is 540 g/mol. The number of carbonyl (C=O) groups excluding carboxylic acids is 2. The van der Waals surface area contributed by atoms with E-state index in [0.717, 1.165) is 18.5 Å². The second-order valence-electron chi connectivity index (χ2n) is 9.90. The molecule has 2 heterocycles. The summed E-state index contributed by atoms with van der Waals surface area (Å²) in [7, 11) is 0. The molecule has 2 aliphatic rings. The smallest absolute Gasteiger partial charge is 0.255 e. The van der Waals surface area contributed by atoms with Gasteiger partial charge in [-0.2, -0.15) is 0 Å². The topological polar surface area (TPSA) is 85.5 Å². The van der Waals surface area contributed by atoms with Gasteiger partial charge < -0.3 is 20.1 Å². The predicted molar refractivity (Wildman–Crippen MR) is 148 cm³/mol. The molecule has 1 atom stereocenters. The van der Waals surface area contributed by atoms with E-state index in [0.29, 0.717) is 58.6 Å². The number of halogens is 2. The molecule has 2 aromatic carbocycles. The number of pyridine rings is 1. The van der Waals surface area contributed by atoms with Crippen molar-refractivity contribution in [2.45, 2.75) is 38.1 Å². The first-order valence-corrected chi connectivity index (χ1v) is 13.6. The van der Waals surface area contributed by atoms with E-state index in [2.05, 4.69) is 10.3 Å². The van der Waals surface area contributed by atoms with Crippen LogP contribution in [-0.4, -0.2) is 53.9 Å². The molecule has 1 saturated heterocycles. The number of hydrogen-bond donors (Lipinski definition) is 2.